The third-order valence-electron chi connectivity index (χ3n) is 2.83. The molecule has 3 rings (SSSR count). The first kappa shape index (κ1) is 12.3. The SMILES string of the molecule is O=Cc1ccc(Cl)cc1Sc1cc2ccccc2[nH]1. The number of para-hydroxylation sites is 1. The highest BCUT2D eigenvalue weighted by molar-refractivity contribution is 7.99. The number of H-pyrrole nitrogens is 1. The zero-order valence-electron chi connectivity index (χ0n) is 9.89. The van der Waals surface area contributed by atoms with Gasteiger partial charge in [0.1, 0.15) is 0 Å². The average Bonchev–Trinajstić information content (AvgIpc) is 2.81. The molecule has 0 unspecified atom stereocenters. The number of fused-ring (bicyclic) bond motifs is 1. The van der Waals surface area contributed by atoms with Crippen LogP contribution in [0, 0.1) is 0 Å². The maximum atomic E-state index is 11.0. The summed E-state index contributed by atoms with van der Waals surface area (Å²) in [5.41, 5.74) is 1.73. The number of halogens is 1. The molecule has 3 aromatic rings. The lowest BCUT2D eigenvalue weighted by molar-refractivity contribution is 0.112. The van der Waals surface area contributed by atoms with Crippen LogP contribution in [0.25, 0.3) is 10.9 Å². The van der Waals surface area contributed by atoms with Gasteiger partial charge in [0.05, 0.1) is 5.03 Å². The van der Waals surface area contributed by atoms with Crippen LogP contribution >= 0.6 is 23.4 Å². The molecule has 19 heavy (non-hydrogen) atoms. The topological polar surface area (TPSA) is 32.9 Å². The van der Waals surface area contributed by atoms with E-state index < -0.39 is 0 Å². The van der Waals surface area contributed by atoms with Crippen molar-refractivity contribution in [2.45, 2.75) is 9.92 Å². The Bertz CT molecular complexity index is 718. The highest BCUT2D eigenvalue weighted by Gasteiger charge is 2.07. The maximum absolute atomic E-state index is 11.0. The molecule has 1 heterocycles. The van der Waals surface area contributed by atoms with Crippen LogP contribution in [0.3, 0.4) is 0 Å². The molecule has 0 bridgehead atoms. The second-order valence-electron chi connectivity index (χ2n) is 4.12. The Hall–Kier alpha value is -1.71. The van der Waals surface area contributed by atoms with Crippen LogP contribution in [0.1, 0.15) is 10.4 Å². The molecule has 94 valence electrons. The van der Waals surface area contributed by atoms with Gasteiger partial charge in [-0.2, -0.15) is 0 Å². The van der Waals surface area contributed by atoms with Gasteiger partial charge < -0.3 is 4.98 Å². The predicted octanol–water partition coefficient (Wildman–Crippen LogP) is 4.79. The summed E-state index contributed by atoms with van der Waals surface area (Å²) in [7, 11) is 0. The van der Waals surface area contributed by atoms with Gasteiger partial charge in [0.25, 0.3) is 0 Å². The van der Waals surface area contributed by atoms with Crippen LogP contribution in [-0.4, -0.2) is 11.3 Å². The summed E-state index contributed by atoms with van der Waals surface area (Å²) in [6, 6.07) is 15.4. The number of aromatic amines is 1. The van der Waals surface area contributed by atoms with Gasteiger partial charge >= 0.3 is 0 Å². The molecule has 0 spiro atoms. The molecule has 2 nitrogen and oxygen atoms in total. The van der Waals surface area contributed by atoms with Crippen molar-refractivity contribution in [2.24, 2.45) is 0 Å². The van der Waals surface area contributed by atoms with Gasteiger partial charge in [-0.3, -0.25) is 4.79 Å². The Labute approximate surface area is 119 Å². The summed E-state index contributed by atoms with van der Waals surface area (Å²) in [6.07, 6.45) is 0.849. The van der Waals surface area contributed by atoms with Crippen molar-refractivity contribution >= 4 is 40.6 Å². The van der Waals surface area contributed by atoms with Gasteiger partial charge in [-0.05, 0) is 30.3 Å². The van der Waals surface area contributed by atoms with Gasteiger partial charge in [0.2, 0.25) is 0 Å². The number of benzene rings is 2. The third kappa shape index (κ3) is 2.53. The molecule has 0 aliphatic rings. The predicted molar refractivity (Wildman–Crippen MR) is 79.3 cm³/mol. The van der Waals surface area contributed by atoms with Gasteiger partial charge in [-0.15, -0.1) is 0 Å². The van der Waals surface area contributed by atoms with E-state index in [4.69, 9.17) is 11.6 Å². The number of aldehydes is 1. The lowest BCUT2D eigenvalue weighted by atomic mass is 10.2. The zero-order chi connectivity index (χ0) is 13.2. The molecule has 0 saturated carbocycles. The van der Waals surface area contributed by atoms with E-state index >= 15 is 0 Å². The fraction of sp³-hybridized carbons (Fsp3) is 0. The van der Waals surface area contributed by atoms with Crippen molar-refractivity contribution in [3.63, 3.8) is 0 Å². The van der Waals surface area contributed by atoms with Crippen molar-refractivity contribution in [2.75, 3.05) is 0 Å². The first-order valence-electron chi connectivity index (χ1n) is 5.76. The lowest BCUT2D eigenvalue weighted by Gasteiger charge is -2.03. The smallest absolute Gasteiger partial charge is 0.151 e. The van der Waals surface area contributed by atoms with Crippen molar-refractivity contribution in [3.05, 3.63) is 59.1 Å². The summed E-state index contributed by atoms with van der Waals surface area (Å²) in [5.74, 6) is 0. The summed E-state index contributed by atoms with van der Waals surface area (Å²) in [4.78, 5) is 15.2. The molecule has 0 atom stereocenters. The molecule has 1 N–H and O–H groups in total. The van der Waals surface area contributed by atoms with Crippen molar-refractivity contribution in [1.82, 2.24) is 4.98 Å². The standard InChI is InChI=1S/C15H10ClNOS/c16-12-6-5-11(9-18)14(8-12)19-15-7-10-3-1-2-4-13(10)17-15/h1-9,17H. The minimum absolute atomic E-state index is 0.629. The highest BCUT2D eigenvalue weighted by atomic mass is 35.5. The summed E-state index contributed by atoms with van der Waals surface area (Å²) >= 11 is 7.49. The Balaban J connectivity index is 2.00. The number of nitrogens with one attached hydrogen (secondary N) is 1. The second kappa shape index (κ2) is 5.11. The van der Waals surface area contributed by atoms with Gasteiger partial charge in [-0.1, -0.05) is 41.6 Å². The molecular formula is C15H10ClNOS. The number of hydrogen-bond acceptors (Lipinski definition) is 2. The van der Waals surface area contributed by atoms with Gasteiger partial charge in [-0.25, -0.2) is 0 Å². The summed E-state index contributed by atoms with van der Waals surface area (Å²) < 4.78 is 0. The first-order chi connectivity index (χ1) is 9.26. The normalized spacial score (nSPS) is 10.8. The third-order valence-corrected chi connectivity index (χ3v) is 4.08. The molecular weight excluding hydrogens is 278 g/mol. The van der Waals surface area contributed by atoms with Crippen molar-refractivity contribution < 1.29 is 4.79 Å². The fourth-order valence-corrected chi connectivity index (χ4v) is 3.15. The van der Waals surface area contributed by atoms with E-state index in [1.54, 1.807) is 12.1 Å². The summed E-state index contributed by atoms with van der Waals surface area (Å²) in [6.45, 7) is 0. The van der Waals surface area contributed by atoms with Crippen LogP contribution in [0.5, 0.6) is 0 Å². The molecule has 0 aliphatic heterocycles. The lowest BCUT2D eigenvalue weighted by Crippen LogP contribution is -1.84. The molecule has 1 aromatic heterocycles. The highest BCUT2D eigenvalue weighted by Crippen LogP contribution is 2.33. The van der Waals surface area contributed by atoms with E-state index in [-0.39, 0.29) is 0 Å². The van der Waals surface area contributed by atoms with E-state index in [2.05, 4.69) is 17.1 Å². The molecule has 4 heteroatoms. The molecule has 0 radical (unpaired) electrons. The molecule has 0 amide bonds. The molecule has 0 aliphatic carbocycles. The quantitative estimate of drug-likeness (QED) is 0.703. The number of rotatable bonds is 3. The summed E-state index contributed by atoms with van der Waals surface area (Å²) in [5, 5.41) is 2.77. The number of carbonyl (C=O) groups excluding carboxylic acids is 1. The van der Waals surface area contributed by atoms with E-state index in [9.17, 15) is 4.79 Å². The maximum Gasteiger partial charge on any atom is 0.151 e. The Kier molecular flexibility index (Phi) is 3.32. The Morgan fingerprint density at radius 2 is 1.95 bits per heavy atom. The number of hydrogen-bond donors (Lipinski definition) is 1. The second-order valence-corrected chi connectivity index (χ2v) is 5.64. The van der Waals surface area contributed by atoms with Crippen LogP contribution < -0.4 is 0 Å². The van der Waals surface area contributed by atoms with E-state index in [0.717, 1.165) is 27.1 Å². The van der Waals surface area contributed by atoms with E-state index in [0.29, 0.717) is 10.6 Å². The van der Waals surface area contributed by atoms with Crippen LogP contribution in [0.4, 0.5) is 0 Å². The molecule has 2 aromatic carbocycles. The Morgan fingerprint density at radius 1 is 1.11 bits per heavy atom. The van der Waals surface area contributed by atoms with Crippen molar-refractivity contribution in [1.29, 1.82) is 0 Å². The Morgan fingerprint density at radius 3 is 2.74 bits per heavy atom. The number of carbonyl (C=O) groups is 1. The zero-order valence-corrected chi connectivity index (χ0v) is 11.5. The average molecular weight is 288 g/mol. The van der Waals surface area contributed by atoms with Gasteiger partial charge in [0.15, 0.2) is 6.29 Å². The largest absolute Gasteiger partial charge is 0.349 e. The van der Waals surface area contributed by atoms with Crippen molar-refractivity contribution in [3.8, 4) is 0 Å². The van der Waals surface area contributed by atoms with E-state index in [1.807, 2.05) is 24.3 Å². The first-order valence-corrected chi connectivity index (χ1v) is 6.96. The van der Waals surface area contributed by atoms with Crippen LogP contribution in [0.15, 0.2) is 58.5 Å². The molecule has 0 fully saturated rings. The van der Waals surface area contributed by atoms with Crippen LogP contribution in [-0.2, 0) is 0 Å². The monoisotopic (exact) mass is 287 g/mol. The van der Waals surface area contributed by atoms with E-state index in [1.165, 1.54) is 11.8 Å². The minimum Gasteiger partial charge on any atom is -0.349 e. The fourth-order valence-electron chi connectivity index (χ4n) is 1.91. The van der Waals surface area contributed by atoms with Gasteiger partial charge in [0, 0.05) is 26.4 Å². The molecule has 0 saturated heterocycles. The number of aromatic nitrogens is 1. The van der Waals surface area contributed by atoms with Crippen LogP contribution in [0.2, 0.25) is 5.02 Å². The minimum atomic E-state index is 0.629.